The van der Waals surface area contributed by atoms with E-state index in [-0.39, 0.29) is 17.1 Å². The van der Waals surface area contributed by atoms with Crippen molar-refractivity contribution in [1.29, 1.82) is 0 Å². The lowest BCUT2D eigenvalue weighted by Crippen LogP contribution is -2.33. The predicted octanol–water partition coefficient (Wildman–Crippen LogP) is 1.12. The van der Waals surface area contributed by atoms with Crippen molar-refractivity contribution >= 4 is 10.0 Å². The van der Waals surface area contributed by atoms with E-state index in [1.807, 2.05) is 20.8 Å². The Morgan fingerprint density at radius 1 is 1.58 bits per heavy atom. The summed E-state index contributed by atoms with van der Waals surface area (Å²) in [6.45, 7) is 9.28. The maximum absolute atomic E-state index is 10.8. The highest BCUT2D eigenvalue weighted by atomic mass is 32.2. The van der Waals surface area contributed by atoms with Crippen molar-refractivity contribution in [1.82, 2.24) is 0 Å². The summed E-state index contributed by atoms with van der Waals surface area (Å²) >= 11 is 0. The van der Waals surface area contributed by atoms with Crippen LogP contribution < -0.4 is 5.14 Å². The summed E-state index contributed by atoms with van der Waals surface area (Å²) in [5, 5.41) is 4.95. The van der Waals surface area contributed by atoms with Gasteiger partial charge >= 0.3 is 0 Å². The van der Waals surface area contributed by atoms with Crippen LogP contribution in [0.5, 0.6) is 0 Å². The van der Waals surface area contributed by atoms with E-state index in [4.69, 9.17) is 5.14 Å². The first-order valence-electron chi connectivity index (χ1n) is 3.82. The molecule has 0 unspecified atom stereocenters. The van der Waals surface area contributed by atoms with E-state index in [9.17, 15) is 8.42 Å². The second-order valence-corrected chi connectivity index (χ2v) is 5.43. The quantitative estimate of drug-likeness (QED) is 0.677. The van der Waals surface area contributed by atoms with E-state index in [1.54, 1.807) is 6.08 Å². The average Bonchev–Trinajstić information content (AvgIpc) is 1.80. The third kappa shape index (κ3) is 3.88. The van der Waals surface area contributed by atoms with Crippen LogP contribution in [0, 0.1) is 11.3 Å². The number of sulfonamides is 1. The van der Waals surface area contributed by atoms with E-state index in [2.05, 4.69) is 6.58 Å². The van der Waals surface area contributed by atoms with Gasteiger partial charge in [-0.25, -0.2) is 13.6 Å². The van der Waals surface area contributed by atoms with Gasteiger partial charge in [-0.15, -0.1) is 6.58 Å². The number of nitrogens with two attached hydrogens (primary N) is 1. The molecular formula is C8H17NO2S. The Kier molecular flexibility index (Phi) is 3.47. The van der Waals surface area contributed by atoms with Crippen LogP contribution in [0.15, 0.2) is 12.7 Å². The first-order valence-corrected chi connectivity index (χ1v) is 5.53. The summed E-state index contributed by atoms with van der Waals surface area (Å²) in [5.41, 5.74) is -0.338. The molecule has 0 aliphatic rings. The lowest BCUT2D eigenvalue weighted by Gasteiger charge is -2.28. The molecule has 0 heterocycles. The monoisotopic (exact) mass is 191 g/mol. The highest BCUT2D eigenvalue weighted by molar-refractivity contribution is 7.89. The lowest BCUT2D eigenvalue weighted by atomic mass is 9.82. The maximum Gasteiger partial charge on any atom is 0.209 e. The van der Waals surface area contributed by atoms with Gasteiger partial charge in [0.1, 0.15) is 0 Å². The molecule has 0 spiro atoms. The molecule has 0 radical (unpaired) electrons. The van der Waals surface area contributed by atoms with Crippen LogP contribution in [-0.2, 0) is 10.0 Å². The Labute approximate surface area is 74.7 Å². The van der Waals surface area contributed by atoms with Gasteiger partial charge in [0.2, 0.25) is 10.0 Å². The molecule has 0 bridgehead atoms. The fourth-order valence-corrected chi connectivity index (χ4v) is 2.27. The van der Waals surface area contributed by atoms with Crippen LogP contribution in [0.1, 0.15) is 20.8 Å². The van der Waals surface area contributed by atoms with Crippen LogP contribution in [0.4, 0.5) is 0 Å². The summed E-state index contributed by atoms with van der Waals surface area (Å²) in [6, 6.07) is 0. The topological polar surface area (TPSA) is 60.2 Å². The van der Waals surface area contributed by atoms with Gasteiger partial charge in [0.15, 0.2) is 0 Å². The van der Waals surface area contributed by atoms with Crippen LogP contribution in [0.3, 0.4) is 0 Å². The molecule has 0 aliphatic heterocycles. The van der Waals surface area contributed by atoms with Crippen molar-refractivity contribution in [2.24, 2.45) is 16.5 Å². The minimum atomic E-state index is -3.38. The van der Waals surface area contributed by atoms with E-state index in [1.165, 1.54) is 0 Å². The highest BCUT2D eigenvalue weighted by Crippen LogP contribution is 2.28. The standard InChI is InChI=1S/C8H17NO2S/c1-5-7(2)8(3,4)6-12(9,10)11/h5,7H,1,6H2,2-4H3,(H2,9,10,11)/t7-/m0/s1. The minimum Gasteiger partial charge on any atom is -0.229 e. The van der Waals surface area contributed by atoms with Crippen molar-refractivity contribution in [3.05, 3.63) is 12.7 Å². The van der Waals surface area contributed by atoms with E-state index >= 15 is 0 Å². The fraction of sp³-hybridized carbons (Fsp3) is 0.750. The first-order chi connectivity index (χ1) is 5.19. The van der Waals surface area contributed by atoms with Crippen molar-refractivity contribution in [2.45, 2.75) is 20.8 Å². The molecule has 0 aromatic rings. The van der Waals surface area contributed by atoms with Crippen molar-refractivity contribution < 1.29 is 8.42 Å². The fourth-order valence-electron chi connectivity index (χ4n) is 0.969. The van der Waals surface area contributed by atoms with E-state index in [0.29, 0.717) is 0 Å². The maximum atomic E-state index is 10.8. The largest absolute Gasteiger partial charge is 0.229 e. The Morgan fingerprint density at radius 3 is 2.25 bits per heavy atom. The van der Waals surface area contributed by atoms with E-state index < -0.39 is 10.0 Å². The summed E-state index contributed by atoms with van der Waals surface area (Å²) in [4.78, 5) is 0. The SMILES string of the molecule is C=C[C@H](C)C(C)(C)CS(N)(=O)=O. The summed E-state index contributed by atoms with van der Waals surface area (Å²) < 4.78 is 21.6. The lowest BCUT2D eigenvalue weighted by molar-refractivity contribution is 0.317. The molecule has 0 saturated carbocycles. The van der Waals surface area contributed by atoms with Gasteiger partial charge in [-0.1, -0.05) is 26.8 Å². The molecule has 0 aromatic heterocycles. The van der Waals surface area contributed by atoms with Gasteiger partial charge in [0.05, 0.1) is 5.75 Å². The zero-order chi connectivity index (χ0) is 9.99. The van der Waals surface area contributed by atoms with Crippen LogP contribution >= 0.6 is 0 Å². The minimum absolute atomic E-state index is 0.00676. The molecule has 0 rings (SSSR count). The van der Waals surface area contributed by atoms with Crippen LogP contribution in [0.25, 0.3) is 0 Å². The molecular weight excluding hydrogens is 174 g/mol. The van der Waals surface area contributed by atoms with Gasteiger partial charge in [0, 0.05) is 0 Å². The van der Waals surface area contributed by atoms with Gasteiger partial charge in [0.25, 0.3) is 0 Å². The third-order valence-electron chi connectivity index (χ3n) is 2.16. The first kappa shape index (κ1) is 11.6. The molecule has 3 nitrogen and oxygen atoms in total. The van der Waals surface area contributed by atoms with Crippen molar-refractivity contribution in [3.8, 4) is 0 Å². The Morgan fingerprint density at radius 2 is 2.00 bits per heavy atom. The van der Waals surface area contributed by atoms with Gasteiger partial charge in [-0.3, -0.25) is 0 Å². The van der Waals surface area contributed by atoms with E-state index in [0.717, 1.165) is 0 Å². The second kappa shape index (κ2) is 3.58. The molecule has 0 amide bonds. The van der Waals surface area contributed by atoms with Gasteiger partial charge in [-0.05, 0) is 11.3 Å². The Hall–Kier alpha value is -0.350. The van der Waals surface area contributed by atoms with Crippen molar-refractivity contribution in [3.63, 3.8) is 0 Å². The van der Waals surface area contributed by atoms with Crippen LogP contribution in [0.2, 0.25) is 0 Å². The number of rotatable bonds is 4. The second-order valence-electron chi connectivity index (χ2n) is 3.82. The average molecular weight is 191 g/mol. The van der Waals surface area contributed by atoms with Gasteiger partial charge < -0.3 is 0 Å². The number of allylic oxidation sites excluding steroid dienone is 1. The van der Waals surface area contributed by atoms with Crippen LogP contribution in [-0.4, -0.2) is 14.2 Å². The number of hydrogen-bond donors (Lipinski definition) is 1. The molecule has 2 N–H and O–H groups in total. The molecule has 72 valence electrons. The highest BCUT2D eigenvalue weighted by Gasteiger charge is 2.28. The van der Waals surface area contributed by atoms with Crippen molar-refractivity contribution in [2.75, 3.05) is 5.75 Å². The third-order valence-corrected chi connectivity index (χ3v) is 3.31. The summed E-state index contributed by atoms with van der Waals surface area (Å²) in [5.74, 6) is 0.128. The summed E-state index contributed by atoms with van der Waals surface area (Å²) in [7, 11) is -3.38. The molecule has 0 fully saturated rings. The molecule has 1 atom stereocenters. The Balaban J connectivity index is 4.53. The molecule has 0 aromatic carbocycles. The molecule has 4 heteroatoms. The molecule has 12 heavy (non-hydrogen) atoms. The zero-order valence-electron chi connectivity index (χ0n) is 7.87. The molecule has 0 aliphatic carbocycles. The predicted molar refractivity (Wildman–Crippen MR) is 51.1 cm³/mol. The normalized spacial score (nSPS) is 15.7. The smallest absolute Gasteiger partial charge is 0.209 e. The number of primary sulfonamides is 1. The number of hydrogen-bond acceptors (Lipinski definition) is 2. The summed E-state index contributed by atoms with van der Waals surface area (Å²) in [6.07, 6.45) is 1.74. The van der Waals surface area contributed by atoms with Gasteiger partial charge in [-0.2, -0.15) is 0 Å². The molecule has 0 saturated heterocycles. The Bertz CT molecular complexity index is 254. The zero-order valence-corrected chi connectivity index (χ0v) is 8.69.